The molecule has 6 atom stereocenters. The lowest BCUT2D eigenvalue weighted by Gasteiger charge is -2.41. The van der Waals surface area contributed by atoms with Gasteiger partial charge in [0.15, 0.2) is 0 Å². The molecule has 45 heavy (non-hydrogen) atoms. The summed E-state index contributed by atoms with van der Waals surface area (Å²) < 4.78 is 13.5. The third-order valence-corrected chi connectivity index (χ3v) is 10.3. The number of para-hydroxylation sites is 1. The molecular weight excluding hydrogens is 730 g/mol. The summed E-state index contributed by atoms with van der Waals surface area (Å²) in [5.74, 6) is 1.10. The number of ether oxygens (including phenoxy) is 2. The van der Waals surface area contributed by atoms with Crippen LogP contribution in [0.4, 0.5) is 0 Å². The van der Waals surface area contributed by atoms with Crippen LogP contribution in [0.1, 0.15) is 52.0 Å². The first-order valence-electron chi connectivity index (χ1n) is 15.5. The van der Waals surface area contributed by atoms with E-state index < -0.39 is 24.2 Å². The van der Waals surface area contributed by atoms with E-state index in [1.807, 2.05) is 18.2 Å². The van der Waals surface area contributed by atoms with Gasteiger partial charge in [-0.15, -0.1) is 0 Å². The number of amides is 2. The summed E-state index contributed by atoms with van der Waals surface area (Å²) in [4.78, 5) is 28.9. The zero-order valence-electron chi connectivity index (χ0n) is 25.9. The lowest BCUT2D eigenvalue weighted by Crippen LogP contribution is -2.55. The van der Waals surface area contributed by atoms with E-state index in [1.54, 1.807) is 35.2 Å². The zero-order chi connectivity index (χ0) is 32.7. The molecule has 2 aliphatic rings. The first-order valence-corrected chi connectivity index (χ1v) is 17.4. The van der Waals surface area contributed by atoms with E-state index in [2.05, 4.69) is 48.7 Å². The Labute approximate surface area is 289 Å². The quantitative estimate of drug-likeness (QED) is 0.228. The van der Waals surface area contributed by atoms with Crippen molar-refractivity contribution in [3.63, 3.8) is 0 Å². The highest BCUT2D eigenvalue weighted by Gasteiger charge is 2.41. The minimum Gasteiger partial charge on any atom is -0.482 e. The summed E-state index contributed by atoms with van der Waals surface area (Å²) in [5.41, 5.74) is 0.987. The molecule has 2 aliphatic carbocycles. The van der Waals surface area contributed by atoms with E-state index in [0.29, 0.717) is 44.7 Å². The number of benzene rings is 2. The van der Waals surface area contributed by atoms with Crippen LogP contribution in [0.5, 0.6) is 5.75 Å². The van der Waals surface area contributed by atoms with Crippen molar-refractivity contribution in [2.75, 3.05) is 19.8 Å². The van der Waals surface area contributed by atoms with Gasteiger partial charge in [0.1, 0.15) is 24.6 Å². The molecule has 0 bridgehead atoms. The molecule has 0 unspecified atom stereocenters. The van der Waals surface area contributed by atoms with E-state index in [-0.39, 0.29) is 44.7 Å². The molecule has 2 amide bonds. The first kappa shape index (κ1) is 36.0. The van der Waals surface area contributed by atoms with E-state index in [4.69, 9.17) is 32.7 Å². The van der Waals surface area contributed by atoms with Gasteiger partial charge < -0.3 is 29.9 Å². The second-order valence-electron chi connectivity index (χ2n) is 12.4. The Kier molecular flexibility index (Phi) is 13.4. The monoisotopic (exact) mass is 772 g/mol. The van der Waals surface area contributed by atoms with E-state index in [9.17, 15) is 19.8 Å². The van der Waals surface area contributed by atoms with E-state index in [1.165, 1.54) is 0 Å². The molecule has 246 valence electrons. The number of aliphatic hydroxyl groups is 2. The first-order chi connectivity index (χ1) is 21.5. The van der Waals surface area contributed by atoms with Gasteiger partial charge in [-0.2, -0.15) is 0 Å². The molecule has 0 radical (unpaired) electrons. The Morgan fingerprint density at radius 3 is 2.60 bits per heavy atom. The Balaban J connectivity index is 1.67. The molecular formula is C34H43Cl2IN2O6. The van der Waals surface area contributed by atoms with Gasteiger partial charge in [-0.05, 0) is 89.1 Å². The Bertz CT molecular complexity index is 1360. The van der Waals surface area contributed by atoms with Crippen molar-refractivity contribution in [3.05, 3.63) is 73.3 Å². The van der Waals surface area contributed by atoms with Gasteiger partial charge in [-0.1, -0.05) is 68.6 Å². The summed E-state index contributed by atoms with van der Waals surface area (Å²) in [7, 11) is 0. The minimum absolute atomic E-state index is 0.0501. The van der Waals surface area contributed by atoms with Crippen molar-refractivity contribution in [3.8, 4) is 5.75 Å². The van der Waals surface area contributed by atoms with Gasteiger partial charge in [-0.3, -0.25) is 9.59 Å². The van der Waals surface area contributed by atoms with Crippen molar-refractivity contribution in [1.82, 2.24) is 10.2 Å². The summed E-state index contributed by atoms with van der Waals surface area (Å²) in [6.45, 7) is 6.33. The largest absolute Gasteiger partial charge is 0.482 e. The molecule has 8 nitrogen and oxygen atoms in total. The van der Waals surface area contributed by atoms with Crippen LogP contribution in [-0.4, -0.2) is 71.0 Å². The molecule has 0 spiro atoms. The third kappa shape index (κ3) is 9.58. The Morgan fingerprint density at radius 2 is 1.91 bits per heavy atom. The second kappa shape index (κ2) is 16.8. The second-order valence-corrected chi connectivity index (χ2v) is 14.4. The average Bonchev–Trinajstić information content (AvgIpc) is 3.00. The van der Waals surface area contributed by atoms with Crippen molar-refractivity contribution < 1.29 is 29.3 Å². The average molecular weight is 774 g/mol. The maximum atomic E-state index is 14.2. The predicted molar refractivity (Wildman–Crippen MR) is 184 cm³/mol. The smallest absolute Gasteiger partial charge is 0.249 e. The van der Waals surface area contributed by atoms with Crippen molar-refractivity contribution in [2.45, 2.75) is 77.4 Å². The van der Waals surface area contributed by atoms with Crippen LogP contribution in [0.2, 0.25) is 10.0 Å². The van der Waals surface area contributed by atoms with Crippen LogP contribution in [0.3, 0.4) is 0 Å². The number of nitrogens with one attached hydrogen (secondary N) is 1. The third-order valence-electron chi connectivity index (χ3n) is 8.77. The summed E-state index contributed by atoms with van der Waals surface area (Å²) in [5, 5.41) is 24.6. The molecule has 3 N–H and O–H groups in total. The number of hydrogen-bond donors (Lipinski definition) is 3. The highest BCUT2D eigenvalue weighted by molar-refractivity contribution is 14.1. The van der Waals surface area contributed by atoms with Crippen LogP contribution in [0.25, 0.3) is 0 Å². The lowest BCUT2D eigenvalue weighted by atomic mass is 9.75. The van der Waals surface area contributed by atoms with Gasteiger partial charge in [0.2, 0.25) is 11.8 Å². The van der Waals surface area contributed by atoms with Crippen LogP contribution in [0.15, 0.2) is 54.1 Å². The number of carbonyl (C=O) groups excluding carboxylic acids is 2. The van der Waals surface area contributed by atoms with Gasteiger partial charge in [0.05, 0.1) is 22.3 Å². The van der Waals surface area contributed by atoms with Crippen LogP contribution in [0, 0.1) is 21.3 Å². The van der Waals surface area contributed by atoms with Crippen molar-refractivity contribution in [2.24, 2.45) is 17.8 Å². The number of rotatable bonds is 12. The number of hydrogen-bond acceptors (Lipinski definition) is 6. The molecule has 0 heterocycles. The molecule has 1 saturated carbocycles. The Hall–Kier alpha value is -1.89. The van der Waals surface area contributed by atoms with Crippen LogP contribution in [-0.2, 0) is 20.9 Å². The number of halogens is 3. The van der Waals surface area contributed by atoms with E-state index in [0.717, 1.165) is 22.8 Å². The van der Waals surface area contributed by atoms with Gasteiger partial charge in [0.25, 0.3) is 0 Å². The highest BCUT2D eigenvalue weighted by Crippen LogP contribution is 2.36. The molecule has 2 aromatic rings. The van der Waals surface area contributed by atoms with Gasteiger partial charge in [-0.25, -0.2) is 0 Å². The van der Waals surface area contributed by atoms with Crippen LogP contribution >= 0.6 is 45.8 Å². The lowest BCUT2D eigenvalue weighted by molar-refractivity contribution is -0.149. The number of aliphatic hydroxyl groups excluding tert-OH is 2. The molecule has 1 fully saturated rings. The maximum Gasteiger partial charge on any atom is 0.249 e. The maximum absolute atomic E-state index is 14.2. The molecule has 2 aromatic carbocycles. The molecule has 11 heteroatoms. The molecule has 0 saturated heterocycles. The highest BCUT2D eigenvalue weighted by atomic mass is 127. The number of nitrogens with zero attached hydrogens (tertiary/aromatic N) is 1. The SMILES string of the molecule is CC(C)[C@H]1CC[C@H](C)C[C@@H]1OCC(=O)N(Cc1ccc(Cl)cc1Cl)[C@@H]1CC(C(=O)NCCO)=C[C@H](Oc2ccccc2I)[C@H]1O. The van der Waals surface area contributed by atoms with E-state index >= 15 is 0 Å². The number of carbonyl (C=O) groups is 2. The fourth-order valence-electron chi connectivity index (χ4n) is 6.26. The van der Waals surface area contributed by atoms with Crippen molar-refractivity contribution >= 4 is 57.6 Å². The summed E-state index contributed by atoms with van der Waals surface area (Å²) in [6.07, 6.45) is 2.58. The minimum atomic E-state index is -1.18. The normalized spacial score (nSPS) is 25.0. The summed E-state index contributed by atoms with van der Waals surface area (Å²) in [6, 6.07) is 11.6. The standard InChI is InChI=1S/C34H43Cl2IN2O6/c1-20(2)25-11-8-21(3)14-30(25)44-19-32(41)39(18-22-9-10-24(35)17-26(22)36)28-15-23(34(43)38-12-13-40)16-31(33(28)42)45-29-7-5-4-6-27(29)37/h4-7,9-10,16-17,20-21,25,28,30-31,33,40,42H,8,11-15,18-19H2,1-3H3,(H,38,43)/t21-,25+,28+,30-,31-,33-/m0/s1. The summed E-state index contributed by atoms with van der Waals surface area (Å²) >= 11 is 14.9. The zero-order valence-corrected chi connectivity index (χ0v) is 29.6. The van der Waals surface area contributed by atoms with Gasteiger partial charge in [0, 0.05) is 35.1 Å². The molecule has 4 rings (SSSR count). The fraction of sp³-hybridized carbons (Fsp3) is 0.529. The topological polar surface area (TPSA) is 108 Å². The Morgan fingerprint density at radius 1 is 1.16 bits per heavy atom. The van der Waals surface area contributed by atoms with Crippen LogP contribution < -0.4 is 10.1 Å². The fourth-order valence-corrected chi connectivity index (χ4v) is 7.24. The van der Waals surface area contributed by atoms with Gasteiger partial charge >= 0.3 is 0 Å². The molecule has 0 aliphatic heterocycles. The molecule has 0 aromatic heterocycles. The predicted octanol–water partition coefficient (Wildman–Crippen LogP) is 6.02. The van der Waals surface area contributed by atoms with Crippen molar-refractivity contribution in [1.29, 1.82) is 0 Å².